The minimum atomic E-state index is -0.957. The van der Waals surface area contributed by atoms with Crippen molar-refractivity contribution in [2.24, 2.45) is 0 Å². The molecule has 1 fully saturated rings. The number of pyridine rings is 1. The number of esters is 2. The monoisotopic (exact) mass is 592 g/mol. The smallest absolute Gasteiger partial charge is 0.329 e. The van der Waals surface area contributed by atoms with Crippen molar-refractivity contribution in [2.45, 2.75) is 70.8 Å². The van der Waals surface area contributed by atoms with Crippen molar-refractivity contribution in [2.75, 3.05) is 13.7 Å². The highest BCUT2D eigenvalue weighted by molar-refractivity contribution is 9.10. The molecule has 2 heterocycles. The van der Waals surface area contributed by atoms with E-state index < -0.39 is 36.1 Å². The van der Waals surface area contributed by atoms with Gasteiger partial charge in [0, 0.05) is 30.3 Å². The van der Waals surface area contributed by atoms with Crippen LogP contribution in [0.3, 0.4) is 0 Å². The van der Waals surface area contributed by atoms with Gasteiger partial charge in [-0.05, 0) is 56.9 Å². The highest BCUT2D eigenvalue weighted by Gasteiger charge is 2.37. The van der Waals surface area contributed by atoms with Crippen LogP contribution in [0.5, 0.6) is 17.2 Å². The van der Waals surface area contributed by atoms with E-state index in [0.717, 1.165) is 10.9 Å². The largest absolute Gasteiger partial charge is 0.493 e. The minimum absolute atomic E-state index is 0.124. The number of amides is 1. The summed E-state index contributed by atoms with van der Waals surface area (Å²) in [5.41, 5.74) is -0.180. The lowest BCUT2D eigenvalue weighted by Crippen LogP contribution is -2.46. The Morgan fingerprint density at radius 2 is 1.92 bits per heavy atom. The molecule has 1 aliphatic heterocycles. The van der Waals surface area contributed by atoms with Gasteiger partial charge in [0.15, 0.2) is 17.5 Å². The molecule has 0 aliphatic carbocycles. The van der Waals surface area contributed by atoms with Gasteiger partial charge in [0.25, 0.3) is 5.91 Å². The van der Waals surface area contributed by atoms with Crippen molar-refractivity contribution in [3.8, 4) is 17.2 Å². The third kappa shape index (κ3) is 7.91. The van der Waals surface area contributed by atoms with E-state index >= 15 is 0 Å². The predicted octanol–water partition coefficient (Wildman–Crippen LogP) is 4.23. The minimum Gasteiger partial charge on any atom is -0.493 e. The van der Waals surface area contributed by atoms with Gasteiger partial charge in [-0.1, -0.05) is 22.9 Å². The lowest BCUT2D eigenvalue weighted by atomic mass is 10.0. The van der Waals surface area contributed by atoms with Gasteiger partial charge in [0.1, 0.15) is 17.9 Å². The summed E-state index contributed by atoms with van der Waals surface area (Å²) in [6.07, 6.45) is 2.08. The van der Waals surface area contributed by atoms with E-state index in [0.29, 0.717) is 31.6 Å². The fourth-order valence-electron chi connectivity index (χ4n) is 4.08. The maximum absolute atomic E-state index is 13.2. The van der Waals surface area contributed by atoms with E-state index in [-0.39, 0.29) is 23.3 Å². The number of hydrogen-bond acceptors (Lipinski definition) is 9. The fraction of sp³-hybridized carbons (Fsp3) is 0.481. The first-order chi connectivity index (χ1) is 18.2. The molecule has 0 saturated carbocycles. The zero-order valence-electron chi connectivity index (χ0n) is 21.9. The zero-order chi connectivity index (χ0) is 27.7. The second-order valence-corrected chi connectivity index (χ2v) is 9.74. The van der Waals surface area contributed by atoms with Crippen molar-refractivity contribution >= 4 is 33.8 Å². The van der Waals surface area contributed by atoms with Crippen LogP contribution in [-0.4, -0.2) is 60.9 Å². The number of benzene rings is 1. The van der Waals surface area contributed by atoms with Crippen molar-refractivity contribution in [1.29, 1.82) is 0 Å². The molecular weight excluding hydrogens is 560 g/mol. The molecule has 11 heteroatoms. The Morgan fingerprint density at radius 1 is 1.18 bits per heavy atom. The van der Waals surface area contributed by atoms with Gasteiger partial charge in [0.05, 0.1) is 13.2 Å². The Kier molecular flexibility index (Phi) is 10.9. The van der Waals surface area contributed by atoms with Crippen LogP contribution >= 0.6 is 15.9 Å². The lowest BCUT2D eigenvalue weighted by molar-refractivity contribution is -0.159. The lowest BCUT2D eigenvalue weighted by Gasteiger charge is -2.31. The molecule has 0 bridgehead atoms. The molecule has 1 aromatic carbocycles. The third-order valence-corrected chi connectivity index (χ3v) is 6.40. The Bertz CT molecular complexity index is 1110. The highest BCUT2D eigenvalue weighted by Crippen LogP contribution is 2.30. The summed E-state index contributed by atoms with van der Waals surface area (Å²) in [7, 11) is 1.38. The normalized spacial score (nSPS) is 21.8. The van der Waals surface area contributed by atoms with E-state index in [1.165, 1.54) is 26.3 Å². The third-order valence-electron chi connectivity index (χ3n) is 5.87. The molecule has 10 nitrogen and oxygen atoms in total. The van der Waals surface area contributed by atoms with Crippen LogP contribution in [0.15, 0.2) is 41.0 Å². The Balaban J connectivity index is 1.81. The Hall–Kier alpha value is -3.18. The van der Waals surface area contributed by atoms with Gasteiger partial charge in [-0.25, -0.2) is 9.78 Å². The molecule has 4 atom stereocenters. The Labute approximate surface area is 230 Å². The van der Waals surface area contributed by atoms with E-state index in [9.17, 15) is 14.4 Å². The van der Waals surface area contributed by atoms with E-state index in [2.05, 4.69) is 26.2 Å². The first-order valence-corrected chi connectivity index (χ1v) is 13.3. The summed E-state index contributed by atoms with van der Waals surface area (Å²) in [6, 6.07) is 7.89. The summed E-state index contributed by atoms with van der Waals surface area (Å²) >= 11 is 3.42. The number of cyclic esters (lactones) is 1. The number of rotatable bonds is 9. The van der Waals surface area contributed by atoms with Gasteiger partial charge in [-0.2, -0.15) is 0 Å². The molecule has 2 aromatic rings. The molecule has 3 rings (SSSR count). The van der Waals surface area contributed by atoms with Crippen LogP contribution in [0.1, 0.15) is 56.9 Å². The average molecular weight is 593 g/mol. The fourth-order valence-corrected chi connectivity index (χ4v) is 4.35. The molecule has 1 N–H and O–H groups in total. The number of carbonyl (C=O) groups is 3. The van der Waals surface area contributed by atoms with E-state index in [1.54, 1.807) is 6.92 Å². The molecular formula is C27H33BrN2O8. The van der Waals surface area contributed by atoms with Crippen molar-refractivity contribution < 1.29 is 38.1 Å². The van der Waals surface area contributed by atoms with E-state index in [1.807, 2.05) is 31.2 Å². The number of methoxy groups -OCH3 is 1. The van der Waals surface area contributed by atoms with Gasteiger partial charge in [-0.15, -0.1) is 0 Å². The van der Waals surface area contributed by atoms with Crippen LogP contribution in [0.25, 0.3) is 0 Å². The van der Waals surface area contributed by atoms with Gasteiger partial charge in [-0.3, -0.25) is 9.59 Å². The van der Waals surface area contributed by atoms with Crippen molar-refractivity contribution in [3.05, 3.63) is 46.7 Å². The summed E-state index contributed by atoms with van der Waals surface area (Å²) in [6.45, 7) is 5.50. The first kappa shape index (κ1) is 29.4. The van der Waals surface area contributed by atoms with Crippen LogP contribution in [0.4, 0.5) is 0 Å². The van der Waals surface area contributed by atoms with Crippen LogP contribution in [0.2, 0.25) is 0 Å². The summed E-state index contributed by atoms with van der Waals surface area (Å²) in [5, 5.41) is 2.69. The second kappa shape index (κ2) is 14.1. The van der Waals surface area contributed by atoms with Crippen molar-refractivity contribution in [1.82, 2.24) is 10.3 Å². The Morgan fingerprint density at radius 3 is 2.58 bits per heavy atom. The number of carbonyl (C=O) groups excluding carboxylic acids is 3. The standard InChI is InChI=1S/C27H33BrN2O8/c1-5-15-35-22-8-6-7-20(27(33)36-16(2)24(22)38-19-11-9-18(28)10-12-19)30-26(32)23-25(37-17(3)31)21(34-4)13-14-29-23/h9-14,16,20,22,24H,5-8,15H2,1-4H3,(H,30,32)/t16-,20-,22-,24-/m0/s1. The molecule has 0 spiro atoms. The summed E-state index contributed by atoms with van der Waals surface area (Å²) < 4.78 is 29.4. The summed E-state index contributed by atoms with van der Waals surface area (Å²) in [5.74, 6) is -1.29. The maximum atomic E-state index is 13.2. The zero-order valence-corrected chi connectivity index (χ0v) is 23.5. The second-order valence-electron chi connectivity index (χ2n) is 8.83. The molecule has 1 aromatic heterocycles. The van der Waals surface area contributed by atoms with Gasteiger partial charge in [0.2, 0.25) is 5.75 Å². The number of hydrogen-bond donors (Lipinski definition) is 1. The number of ether oxygens (including phenoxy) is 5. The average Bonchev–Trinajstić information content (AvgIpc) is 2.93. The predicted molar refractivity (Wildman–Crippen MR) is 141 cm³/mol. The molecule has 0 unspecified atom stereocenters. The highest BCUT2D eigenvalue weighted by atomic mass is 79.9. The SMILES string of the molecule is CCCO[C@H]1CCC[C@H](NC(=O)c2nccc(OC)c2OC(C)=O)C(=O)O[C@@H](C)[C@@H]1Oc1ccc(Br)cc1. The van der Waals surface area contributed by atoms with Gasteiger partial charge < -0.3 is 29.0 Å². The molecule has 1 saturated heterocycles. The van der Waals surface area contributed by atoms with Crippen LogP contribution in [0, 0.1) is 0 Å². The maximum Gasteiger partial charge on any atom is 0.329 e. The molecule has 38 heavy (non-hydrogen) atoms. The number of nitrogens with zero attached hydrogens (tertiary/aromatic N) is 1. The number of aromatic nitrogens is 1. The number of nitrogens with one attached hydrogen (secondary N) is 1. The van der Waals surface area contributed by atoms with E-state index in [4.69, 9.17) is 23.7 Å². The van der Waals surface area contributed by atoms with Crippen molar-refractivity contribution in [3.63, 3.8) is 0 Å². The van der Waals surface area contributed by atoms with Crippen LogP contribution < -0.4 is 19.5 Å². The molecule has 1 aliphatic rings. The number of halogens is 1. The first-order valence-electron chi connectivity index (χ1n) is 12.5. The quantitative estimate of drug-likeness (QED) is 0.426. The molecule has 0 radical (unpaired) electrons. The molecule has 1 amide bonds. The topological polar surface area (TPSA) is 122 Å². The summed E-state index contributed by atoms with van der Waals surface area (Å²) in [4.78, 5) is 42.0. The molecule has 206 valence electrons. The van der Waals surface area contributed by atoms with Gasteiger partial charge >= 0.3 is 11.9 Å². The van der Waals surface area contributed by atoms with Crippen LogP contribution in [-0.2, 0) is 19.1 Å².